The van der Waals surface area contributed by atoms with Gasteiger partial charge in [-0.25, -0.2) is 8.78 Å². The number of hydrogen-bond donors (Lipinski definition) is 2. The van der Waals surface area contributed by atoms with Gasteiger partial charge in [0.25, 0.3) is 0 Å². The van der Waals surface area contributed by atoms with Crippen molar-refractivity contribution in [3.8, 4) is 0 Å². The average Bonchev–Trinajstić information content (AvgIpc) is 2.71. The maximum absolute atomic E-state index is 13.2. The van der Waals surface area contributed by atoms with Crippen molar-refractivity contribution in [1.29, 1.82) is 0 Å². The van der Waals surface area contributed by atoms with Crippen LogP contribution in [0.4, 0.5) is 8.78 Å². The number of aliphatic hydroxyl groups excluding tert-OH is 1. The van der Waals surface area contributed by atoms with Gasteiger partial charge >= 0.3 is 0 Å². The molecule has 1 saturated heterocycles. The van der Waals surface area contributed by atoms with Gasteiger partial charge in [0, 0.05) is 13.1 Å². The molecule has 1 aliphatic heterocycles. The minimum atomic E-state index is -0.824. The van der Waals surface area contributed by atoms with E-state index in [9.17, 15) is 13.9 Å². The van der Waals surface area contributed by atoms with Crippen LogP contribution in [0.1, 0.15) is 37.2 Å². The molecule has 3 atom stereocenters. The van der Waals surface area contributed by atoms with Crippen LogP contribution in [0, 0.1) is 11.6 Å². The summed E-state index contributed by atoms with van der Waals surface area (Å²) in [5.41, 5.74) is 1.52. The van der Waals surface area contributed by atoms with E-state index in [4.69, 9.17) is 4.74 Å². The fourth-order valence-electron chi connectivity index (χ4n) is 3.37. The highest BCUT2D eigenvalue weighted by Crippen LogP contribution is 2.25. The third-order valence-electron chi connectivity index (χ3n) is 4.81. The van der Waals surface area contributed by atoms with Crippen LogP contribution in [0.3, 0.4) is 0 Å². The van der Waals surface area contributed by atoms with Crippen molar-refractivity contribution in [2.75, 3.05) is 26.2 Å². The Morgan fingerprint density at radius 1 is 1.13 bits per heavy atom. The standard InChI is InChI=1S/C22H27F2N3O2.HI/c1-3-25-22(26-12-20(28)16-4-8-18(23)9-5-16)27-13-15(2)29-21(14-27)17-6-10-19(24)11-7-17;/h4-11,15,20-21,28H,3,12-14H2,1-2H3,(H,25,26);1H. The Labute approximate surface area is 193 Å². The Balaban J connectivity index is 0.00000320. The van der Waals surface area contributed by atoms with Crippen molar-refractivity contribution >= 4 is 29.9 Å². The van der Waals surface area contributed by atoms with Crippen molar-refractivity contribution in [3.05, 3.63) is 71.3 Å². The summed E-state index contributed by atoms with van der Waals surface area (Å²) in [6.07, 6.45) is -1.06. The summed E-state index contributed by atoms with van der Waals surface area (Å²) in [4.78, 5) is 6.67. The molecule has 164 valence electrons. The van der Waals surface area contributed by atoms with E-state index in [1.54, 1.807) is 24.3 Å². The molecule has 5 nitrogen and oxygen atoms in total. The van der Waals surface area contributed by atoms with Crippen molar-refractivity contribution in [3.63, 3.8) is 0 Å². The lowest BCUT2D eigenvalue weighted by Crippen LogP contribution is -2.50. The predicted molar refractivity (Wildman–Crippen MR) is 124 cm³/mol. The van der Waals surface area contributed by atoms with Gasteiger partial charge < -0.3 is 20.1 Å². The number of nitrogens with one attached hydrogen (secondary N) is 1. The number of ether oxygens (including phenoxy) is 1. The fourth-order valence-corrected chi connectivity index (χ4v) is 3.37. The van der Waals surface area contributed by atoms with E-state index in [0.29, 0.717) is 31.2 Å². The van der Waals surface area contributed by atoms with Crippen LogP contribution in [0.15, 0.2) is 53.5 Å². The molecule has 1 fully saturated rings. The van der Waals surface area contributed by atoms with Crippen molar-refractivity contribution in [2.45, 2.75) is 32.2 Å². The number of hydrogen-bond acceptors (Lipinski definition) is 3. The van der Waals surface area contributed by atoms with E-state index in [2.05, 4.69) is 15.2 Å². The SMILES string of the molecule is CCNC(=NCC(O)c1ccc(F)cc1)N1CC(C)OC(c2ccc(F)cc2)C1.I. The molecular formula is C22H28F2IN3O2. The first-order valence-corrected chi connectivity index (χ1v) is 9.84. The van der Waals surface area contributed by atoms with Gasteiger partial charge in [-0.15, -0.1) is 24.0 Å². The van der Waals surface area contributed by atoms with Gasteiger partial charge in [0.05, 0.1) is 25.3 Å². The number of nitrogens with zero attached hydrogens (tertiary/aromatic N) is 2. The molecule has 30 heavy (non-hydrogen) atoms. The number of benzene rings is 2. The molecule has 2 aromatic carbocycles. The van der Waals surface area contributed by atoms with Crippen molar-refractivity contribution in [2.24, 2.45) is 4.99 Å². The van der Waals surface area contributed by atoms with Gasteiger partial charge in [0.2, 0.25) is 0 Å². The first-order chi connectivity index (χ1) is 14.0. The highest BCUT2D eigenvalue weighted by atomic mass is 127. The smallest absolute Gasteiger partial charge is 0.194 e. The maximum atomic E-state index is 13.2. The van der Waals surface area contributed by atoms with Crippen LogP contribution in [0.5, 0.6) is 0 Å². The molecule has 1 aliphatic rings. The zero-order valence-electron chi connectivity index (χ0n) is 17.1. The second-order valence-corrected chi connectivity index (χ2v) is 7.15. The molecule has 3 rings (SSSR count). The van der Waals surface area contributed by atoms with Crippen LogP contribution >= 0.6 is 24.0 Å². The normalized spacial score (nSPS) is 20.4. The zero-order valence-corrected chi connectivity index (χ0v) is 19.4. The summed E-state index contributed by atoms with van der Waals surface area (Å²) in [5, 5.41) is 13.7. The molecule has 2 aromatic rings. The summed E-state index contributed by atoms with van der Waals surface area (Å²) in [6.45, 7) is 6.01. The lowest BCUT2D eigenvalue weighted by Gasteiger charge is -2.38. The van der Waals surface area contributed by atoms with Crippen LogP contribution in [0.2, 0.25) is 0 Å². The Kier molecular flexibility index (Phi) is 9.44. The highest BCUT2D eigenvalue weighted by molar-refractivity contribution is 14.0. The molecule has 0 aliphatic carbocycles. The van der Waals surface area contributed by atoms with Gasteiger partial charge in [-0.2, -0.15) is 0 Å². The Bertz CT molecular complexity index is 818. The van der Waals surface area contributed by atoms with Gasteiger partial charge in [0.15, 0.2) is 5.96 Å². The maximum Gasteiger partial charge on any atom is 0.194 e. The monoisotopic (exact) mass is 531 g/mol. The highest BCUT2D eigenvalue weighted by Gasteiger charge is 2.28. The summed E-state index contributed by atoms with van der Waals surface area (Å²) in [7, 11) is 0. The summed E-state index contributed by atoms with van der Waals surface area (Å²) >= 11 is 0. The van der Waals surface area contributed by atoms with Crippen LogP contribution in [0.25, 0.3) is 0 Å². The minimum Gasteiger partial charge on any atom is -0.386 e. The van der Waals surface area contributed by atoms with E-state index < -0.39 is 6.10 Å². The van der Waals surface area contributed by atoms with E-state index in [1.807, 2.05) is 13.8 Å². The third kappa shape index (κ3) is 6.61. The molecule has 0 spiro atoms. The zero-order chi connectivity index (χ0) is 20.8. The summed E-state index contributed by atoms with van der Waals surface area (Å²) in [6, 6.07) is 12.1. The molecule has 2 N–H and O–H groups in total. The van der Waals surface area contributed by atoms with Gasteiger partial charge in [-0.05, 0) is 49.2 Å². The third-order valence-corrected chi connectivity index (χ3v) is 4.81. The fraction of sp³-hybridized carbons (Fsp3) is 0.409. The molecular weight excluding hydrogens is 503 g/mol. The quantitative estimate of drug-likeness (QED) is 0.348. The molecule has 8 heteroatoms. The van der Waals surface area contributed by atoms with Crippen LogP contribution in [-0.2, 0) is 4.74 Å². The van der Waals surface area contributed by atoms with E-state index in [1.165, 1.54) is 24.3 Å². The largest absolute Gasteiger partial charge is 0.386 e. The molecule has 1 heterocycles. The van der Waals surface area contributed by atoms with Crippen LogP contribution < -0.4 is 5.32 Å². The average molecular weight is 531 g/mol. The van der Waals surface area contributed by atoms with Gasteiger partial charge in [0.1, 0.15) is 17.7 Å². The molecule has 0 saturated carbocycles. The first kappa shape index (κ1) is 24.5. The lowest BCUT2D eigenvalue weighted by molar-refractivity contribution is -0.0605. The first-order valence-electron chi connectivity index (χ1n) is 9.84. The second-order valence-electron chi connectivity index (χ2n) is 7.15. The predicted octanol–water partition coefficient (Wildman–Crippen LogP) is 4.04. The molecule has 0 amide bonds. The minimum absolute atomic E-state index is 0. The van der Waals surface area contributed by atoms with E-state index >= 15 is 0 Å². The van der Waals surface area contributed by atoms with E-state index in [-0.39, 0.29) is 54.4 Å². The second kappa shape index (κ2) is 11.6. The van der Waals surface area contributed by atoms with E-state index in [0.717, 1.165) is 5.56 Å². The lowest BCUT2D eigenvalue weighted by atomic mass is 10.1. The number of aliphatic imine (C=N–C) groups is 1. The molecule has 0 radical (unpaired) electrons. The van der Waals surface area contributed by atoms with Crippen molar-refractivity contribution in [1.82, 2.24) is 10.2 Å². The number of halogens is 3. The molecule has 0 aromatic heterocycles. The summed E-state index contributed by atoms with van der Waals surface area (Å²) in [5.74, 6) is 0.0574. The topological polar surface area (TPSA) is 57.1 Å². The number of morpholine rings is 1. The van der Waals surface area contributed by atoms with Gasteiger partial charge in [-0.1, -0.05) is 24.3 Å². The molecule has 3 unspecified atom stereocenters. The number of aliphatic hydroxyl groups is 1. The van der Waals surface area contributed by atoms with Gasteiger partial charge in [-0.3, -0.25) is 4.99 Å². The number of rotatable bonds is 5. The Morgan fingerprint density at radius 3 is 2.33 bits per heavy atom. The number of guanidine groups is 1. The Hall–Kier alpha value is -1.78. The Morgan fingerprint density at radius 2 is 1.73 bits per heavy atom. The molecule has 0 bridgehead atoms. The van der Waals surface area contributed by atoms with Crippen molar-refractivity contribution < 1.29 is 18.6 Å². The summed E-state index contributed by atoms with van der Waals surface area (Å²) < 4.78 is 32.4. The van der Waals surface area contributed by atoms with Crippen LogP contribution in [-0.4, -0.2) is 48.2 Å².